The van der Waals surface area contributed by atoms with Gasteiger partial charge >= 0.3 is 0 Å². The van der Waals surface area contributed by atoms with Crippen LogP contribution in [0.15, 0.2) is 340 Å². The first-order valence-electron chi connectivity index (χ1n) is 38.9. The molecule has 0 heterocycles. The van der Waals surface area contributed by atoms with Gasteiger partial charge in [0.05, 0.1) is 0 Å². The summed E-state index contributed by atoms with van der Waals surface area (Å²) in [5.74, 6) is 0. The molecule has 2 nitrogen and oxygen atoms in total. The van der Waals surface area contributed by atoms with Gasteiger partial charge in [-0.15, -0.1) is 0 Å². The minimum absolute atomic E-state index is 0.0700. The van der Waals surface area contributed by atoms with E-state index in [0.717, 1.165) is 58.0 Å². The Bertz CT molecular complexity index is 5200. The highest BCUT2D eigenvalue weighted by atomic mass is 15.1. The lowest BCUT2D eigenvalue weighted by Crippen LogP contribution is -2.25. The quantitative estimate of drug-likeness (QED) is 0.0451. The molecule has 2 aliphatic carbocycles. The van der Waals surface area contributed by atoms with E-state index in [9.17, 15) is 0 Å². The Morgan fingerprint density at radius 2 is 0.514 bits per heavy atom. The SMILES string of the molecule is CCCCCCCCC1(CCCCCCCC)c2cc(-c3ccccc3)ccc2-c2ccc(-c3ccc(N(c4ccc(-c5ccc(N(c6ccc(-c7ccccc7)cc6)c6ccc7c(c6)CC7)cc5)cc4)c4ccc(-c5cccc(-c6ccccc6)c5)c(-c5ccc(-c6ccccc6)cc5)c4)cc3)cc21. The van der Waals surface area contributed by atoms with Gasteiger partial charge in [-0.3, -0.25) is 0 Å². The summed E-state index contributed by atoms with van der Waals surface area (Å²) in [4.78, 5) is 4.88. The van der Waals surface area contributed by atoms with Gasteiger partial charge in [0.15, 0.2) is 0 Å². The van der Waals surface area contributed by atoms with E-state index < -0.39 is 0 Å². The van der Waals surface area contributed by atoms with Crippen molar-refractivity contribution >= 4 is 34.1 Å². The summed E-state index contributed by atoms with van der Waals surface area (Å²) in [7, 11) is 0. The highest BCUT2D eigenvalue weighted by Crippen LogP contribution is 2.56. The Hall–Kier alpha value is -11.3. The molecule has 0 N–H and O–H groups in total. The lowest BCUT2D eigenvalue weighted by Gasteiger charge is -2.33. The molecule has 0 aliphatic heterocycles. The van der Waals surface area contributed by atoms with E-state index in [-0.39, 0.29) is 5.41 Å². The molecule has 0 atom stereocenters. The predicted octanol–water partition coefficient (Wildman–Crippen LogP) is 29.8. The van der Waals surface area contributed by atoms with Crippen molar-refractivity contribution in [2.45, 2.75) is 122 Å². The zero-order valence-electron chi connectivity index (χ0n) is 61.0. The van der Waals surface area contributed by atoms with E-state index in [1.54, 1.807) is 0 Å². The summed E-state index contributed by atoms with van der Waals surface area (Å²) in [6.45, 7) is 4.66. The molecule has 105 heavy (non-hydrogen) atoms. The Kier molecular flexibility index (Phi) is 20.6. The zero-order chi connectivity index (χ0) is 70.7. The Labute approximate surface area is 624 Å². The van der Waals surface area contributed by atoms with E-state index >= 15 is 0 Å². The first kappa shape index (κ1) is 68.1. The summed E-state index contributed by atoms with van der Waals surface area (Å²) in [6, 6.07) is 127. The van der Waals surface area contributed by atoms with Crippen LogP contribution in [0.5, 0.6) is 0 Å². The molecule has 14 aromatic carbocycles. The topological polar surface area (TPSA) is 6.48 Å². The van der Waals surface area contributed by atoms with Crippen LogP contribution in [0.3, 0.4) is 0 Å². The second kappa shape index (κ2) is 31.7. The molecule has 0 saturated carbocycles. The van der Waals surface area contributed by atoms with Gasteiger partial charge in [-0.2, -0.15) is 0 Å². The number of unbranched alkanes of at least 4 members (excludes halogenated alkanes) is 10. The third kappa shape index (κ3) is 14.7. The van der Waals surface area contributed by atoms with Crippen LogP contribution < -0.4 is 9.80 Å². The van der Waals surface area contributed by atoms with Crippen molar-refractivity contribution in [2.75, 3.05) is 9.80 Å². The van der Waals surface area contributed by atoms with Crippen LogP contribution in [0.25, 0.3) is 100 Å². The van der Waals surface area contributed by atoms with Crippen LogP contribution >= 0.6 is 0 Å². The summed E-state index contributed by atoms with van der Waals surface area (Å²) in [5.41, 5.74) is 34.8. The average Bonchev–Trinajstić information content (AvgIpc) is 1.57. The molecule has 516 valence electrons. The molecule has 2 heteroatoms. The molecular weight excluding hydrogens is 1270 g/mol. The maximum absolute atomic E-state index is 2.62. The van der Waals surface area contributed by atoms with Crippen LogP contribution in [-0.2, 0) is 18.3 Å². The largest absolute Gasteiger partial charge is 0.310 e. The van der Waals surface area contributed by atoms with Crippen molar-refractivity contribution in [2.24, 2.45) is 0 Å². The monoisotopic (exact) mass is 1360 g/mol. The number of aryl methyl sites for hydroxylation is 2. The van der Waals surface area contributed by atoms with Gasteiger partial charge in [0.2, 0.25) is 0 Å². The van der Waals surface area contributed by atoms with Crippen LogP contribution in [0, 0.1) is 0 Å². The normalized spacial score (nSPS) is 12.4. The molecule has 0 unspecified atom stereocenters. The summed E-state index contributed by atoms with van der Waals surface area (Å²) in [6.07, 6.45) is 20.1. The maximum Gasteiger partial charge on any atom is 0.0468 e. The van der Waals surface area contributed by atoms with Crippen molar-refractivity contribution in [3.63, 3.8) is 0 Å². The van der Waals surface area contributed by atoms with Gasteiger partial charge in [-0.1, -0.05) is 340 Å². The number of fused-ring (bicyclic) bond motifs is 4. The standard InChI is InChI=1S/C103H94N2/c1-3-5-7-9-11-25-68-103(69-26-12-10-8-6-4-2)101-72-88(78-34-23-16-24-35-78)53-65-98(101)99-66-54-89(73-102(99)103)84-50-61-94(62-51-84)105(96-64-67-97(90-37-27-36-86(70-90)77-32-21-15-22-33-77)100(74-96)85-41-38-79(39-42-85)75-28-17-13-18-29-75)93-59-48-82(49-60-93)81-46-57-92(58-47-81)104(95-63-52-83-40-43-87(83)71-95)91-55-44-80(45-56-91)76-30-19-14-20-31-76/h13-24,27-39,41-42,44-67,70-74H,3-12,25-26,40,43,68-69H2,1-2H3. The zero-order valence-corrected chi connectivity index (χ0v) is 61.0. The van der Waals surface area contributed by atoms with E-state index in [4.69, 9.17) is 0 Å². The van der Waals surface area contributed by atoms with Crippen molar-refractivity contribution in [1.82, 2.24) is 0 Å². The van der Waals surface area contributed by atoms with Gasteiger partial charge in [0.1, 0.15) is 0 Å². The molecule has 0 spiro atoms. The van der Waals surface area contributed by atoms with Crippen molar-refractivity contribution < 1.29 is 0 Å². The van der Waals surface area contributed by atoms with Gasteiger partial charge < -0.3 is 9.80 Å². The van der Waals surface area contributed by atoms with Crippen LogP contribution in [0.2, 0.25) is 0 Å². The minimum atomic E-state index is -0.0700. The van der Waals surface area contributed by atoms with Gasteiger partial charge in [-0.05, 0) is 239 Å². The Balaban J connectivity index is 0.783. The molecule has 0 fully saturated rings. The van der Waals surface area contributed by atoms with Crippen molar-refractivity contribution in [3.05, 3.63) is 362 Å². The van der Waals surface area contributed by atoms with Crippen molar-refractivity contribution in [3.8, 4) is 100 Å². The van der Waals surface area contributed by atoms with Gasteiger partial charge in [0, 0.05) is 39.5 Å². The summed E-state index contributed by atoms with van der Waals surface area (Å²) in [5, 5.41) is 0. The highest BCUT2D eigenvalue weighted by molar-refractivity contribution is 5.92. The van der Waals surface area contributed by atoms with Crippen molar-refractivity contribution in [1.29, 1.82) is 0 Å². The second-order valence-electron chi connectivity index (χ2n) is 29.3. The molecule has 0 saturated heterocycles. The molecule has 14 aromatic rings. The number of hydrogen-bond acceptors (Lipinski definition) is 2. The molecule has 2 aliphatic rings. The fourth-order valence-corrected chi connectivity index (χ4v) is 16.8. The molecule has 0 amide bonds. The Morgan fingerprint density at radius 3 is 0.933 bits per heavy atom. The number of anilines is 6. The van der Waals surface area contributed by atoms with Gasteiger partial charge in [-0.25, -0.2) is 0 Å². The molecule has 0 bridgehead atoms. The van der Waals surface area contributed by atoms with E-state index in [1.165, 1.54) is 201 Å². The van der Waals surface area contributed by atoms with E-state index in [2.05, 4.69) is 363 Å². The lowest BCUT2D eigenvalue weighted by atomic mass is 9.70. The first-order chi connectivity index (χ1) is 51.9. The number of hydrogen-bond donors (Lipinski definition) is 0. The maximum atomic E-state index is 2.62. The fraction of sp³-hybridized carbons (Fsp3) is 0.184. The predicted molar refractivity (Wildman–Crippen MR) is 449 cm³/mol. The number of benzene rings is 14. The van der Waals surface area contributed by atoms with E-state index in [0.29, 0.717) is 0 Å². The smallest absolute Gasteiger partial charge is 0.0468 e. The number of nitrogens with zero attached hydrogens (tertiary/aromatic N) is 2. The Morgan fingerprint density at radius 1 is 0.210 bits per heavy atom. The molecule has 16 rings (SSSR count). The lowest BCUT2D eigenvalue weighted by molar-refractivity contribution is 0.398. The molecular formula is C103H94N2. The van der Waals surface area contributed by atoms with E-state index in [1.807, 2.05) is 0 Å². The summed E-state index contributed by atoms with van der Waals surface area (Å²) >= 11 is 0. The fourth-order valence-electron chi connectivity index (χ4n) is 16.8. The minimum Gasteiger partial charge on any atom is -0.310 e. The molecule has 0 aromatic heterocycles. The third-order valence-electron chi connectivity index (χ3n) is 22.6. The third-order valence-corrected chi connectivity index (χ3v) is 22.6. The van der Waals surface area contributed by atoms with Crippen LogP contribution in [0.1, 0.15) is 126 Å². The molecule has 0 radical (unpaired) electrons. The van der Waals surface area contributed by atoms with Gasteiger partial charge in [0.25, 0.3) is 0 Å². The highest BCUT2D eigenvalue weighted by Gasteiger charge is 2.43. The van der Waals surface area contributed by atoms with Crippen LogP contribution in [-0.4, -0.2) is 0 Å². The summed E-state index contributed by atoms with van der Waals surface area (Å²) < 4.78 is 0. The number of rotatable bonds is 28. The van der Waals surface area contributed by atoms with Crippen LogP contribution in [0.4, 0.5) is 34.1 Å². The first-order valence-corrected chi connectivity index (χ1v) is 38.9. The second-order valence-corrected chi connectivity index (χ2v) is 29.3. The average molecular weight is 1360 g/mol.